The topological polar surface area (TPSA) is 69.6 Å². The zero-order chi connectivity index (χ0) is 13.0. The molecule has 1 aromatic carbocycles. The second-order valence-electron chi connectivity index (χ2n) is 4.17. The third-order valence-corrected chi connectivity index (χ3v) is 2.52. The first-order valence-electron chi connectivity index (χ1n) is 5.36. The molecule has 0 radical (unpaired) electrons. The molecule has 0 fully saturated rings. The van der Waals surface area contributed by atoms with Crippen LogP contribution < -0.4 is 5.32 Å². The highest BCUT2D eigenvalue weighted by Gasteiger charge is 2.18. The van der Waals surface area contributed by atoms with Crippen LogP contribution in [0, 0.1) is 11.7 Å². The summed E-state index contributed by atoms with van der Waals surface area (Å²) >= 11 is 0. The standard InChI is InChI=1S/C12H16FNO3/c1-7(2)11(6-15)14-12(17)9-4-3-8(16)5-10(9)13/h3-5,7,11,15-16H,6H2,1-2H3,(H,14,17)/t11-/m1/s1. The Balaban J connectivity index is 2.82. The number of hydrogen-bond donors (Lipinski definition) is 3. The fourth-order valence-corrected chi connectivity index (χ4v) is 1.36. The summed E-state index contributed by atoms with van der Waals surface area (Å²) in [5.41, 5.74) is -0.151. The van der Waals surface area contributed by atoms with Gasteiger partial charge < -0.3 is 15.5 Å². The van der Waals surface area contributed by atoms with Gasteiger partial charge in [-0.1, -0.05) is 13.8 Å². The third kappa shape index (κ3) is 3.42. The van der Waals surface area contributed by atoms with E-state index in [1.807, 2.05) is 13.8 Å². The minimum absolute atomic E-state index is 0.0455. The Morgan fingerprint density at radius 1 is 1.47 bits per heavy atom. The molecule has 3 N–H and O–H groups in total. The van der Waals surface area contributed by atoms with Crippen LogP contribution in [0.15, 0.2) is 18.2 Å². The number of amides is 1. The number of halogens is 1. The molecule has 94 valence electrons. The number of nitrogens with one attached hydrogen (secondary N) is 1. The number of aliphatic hydroxyl groups excluding tert-OH is 1. The summed E-state index contributed by atoms with van der Waals surface area (Å²) in [4.78, 5) is 11.7. The lowest BCUT2D eigenvalue weighted by Crippen LogP contribution is -2.41. The van der Waals surface area contributed by atoms with Crippen molar-refractivity contribution in [3.05, 3.63) is 29.6 Å². The van der Waals surface area contributed by atoms with Gasteiger partial charge in [0.05, 0.1) is 18.2 Å². The van der Waals surface area contributed by atoms with Crippen molar-refractivity contribution in [2.24, 2.45) is 5.92 Å². The van der Waals surface area contributed by atoms with Crippen molar-refractivity contribution in [1.82, 2.24) is 5.32 Å². The maximum atomic E-state index is 13.4. The molecule has 1 aromatic rings. The molecule has 5 heteroatoms. The molecule has 0 saturated carbocycles. The molecule has 0 bridgehead atoms. The molecule has 0 heterocycles. The monoisotopic (exact) mass is 241 g/mol. The molecule has 0 spiro atoms. The molecule has 17 heavy (non-hydrogen) atoms. The van der Waals surface area contributed by atoms with E-state index in [-0.39, 0.29) is 23.8 Å². The highest BCUT2D eigenvalue weighted by Crippen LogP contribution is 2.15. The van der Waals surface area contributed by atoms with Crippen LogP contribution in [0.4, 0.5) is 4.39 Å². The number of hydrogen-bond acceptors (Lipinski definition) is 3. The maximum Gasteiger partial charge on any atom is 0.254 e. The number of phenolic OH excluding ortho intramolecular Hbond substituents is 1. The normalized spacial score (nSPS) is 12.5. The van der Waals surface area contributed by atoms with Crippen molar-refractivity contribution in [3.8, 4) is 5.75 Å². The number of carbonyl (C=O) groups excluding carboxylic acids is 1. The quantitative estimate of drug-likeness (QED) is 0.743. The van der Waals surface area contributed by atoms with Crippen molar-refractivity contribution >= 4 is 5.91 Å². The van der Waals surface area contributed by atoms with E-state index >= 15 is 0 Å². The Bertz CT molecular complexity index is 407. The summed E-state index contributed by atoms with van der Waals surface area (Å²) in [5.74, 6) is -1.58. The van der Waals surface area contributed by atoms with E-state index in [1.54, 1.807) is 0 Å². The van der Waals surface area contributed by atoms with Crippen LogP contribution in [-0.2, 0) is 0 Å². The average Bonchev–Trinajstić information content (AvgIpc) is 2.24. The summed E-state index contributed by atoms with van der Waals surface area (Å²) in [5, 5.41) is 20.6. The van der Waals surface area contributed by atoms with Gasteiger partial charge in [0.2, 0.25) is 0 Å². The molecule has 1 atom stereocenters. The fourth-order valence-electron chi connectivity index (χ4n) is 1.36. The first-order valence-corrected chi connectivity index (χ1v) is 5.36. The van der Waals surface area contributed by atoms with Gasteiger partial charge in [-0.3, -0.25) is 4.79 Å². The lowest BCUT2D eigenvalue weighted by Gasteiger charge is -2.20. The summed E-state index contributed by atoms with van der Waals surface area (Å²) in [6, 6.07) is 2.89. The first kappa shape index (κ1) is 13.4. The third-order valence-electron chi connectivity index (χ3n) is 2.52. The number of rotatable bonds is 4. The zero-order valence-corrected chi connectivity index (χ0v) is 9.77. The van der Waals surface area contributed by atoms with Crippen molar-refractivity contribution in [2.45, 2.75) is 19.9 Å². The van der Waals surface area contributed by atoms with Gasteiger partial charge in [0, 0.05) is 6.07 Å². The van der Waals surface area contributed by atoms with E-state index in [0.717, 1.165) is 6.07 Å². The van der Waals surface area contributed by atoms with Gasteiger partial charge in [0.1, 0.15) is 11.6 Å². The van der Waals surface area contributed by atoms with Crippen LogP contribution in [0.25, 0.3) is 0 Å². The summed E-state index contributed by atoms with van der Waals surface area (Å²) in [6.45, 7) is 3.48. The lowest BCUT2D eigenvalue weighted by atomic mass is 10.0. The van der Waals surface area contributed by atoms with Crippen LogP contribution >= 0.6 is 0 Å². The van der Waals surface area contributed by atoms with Gasteiger partial charge in [-0.25, -0.2) is 4.39 Å². The molecule has 1 rings (SSSR count). The predicted octanol–water partition coefficient (Wildman–Crippen LogP) is 1.28. The summed E-state index contributed by atoms with van der Waals surface area (Å²) < 4.78 is 13.4. The van der Waals surface area contributed by atoms with Gasteiger partial charge in [-0.05, 0) is 18.1 Å². The number of aromatic hydroxyl groups is 1. The van der Waals surface area contributed by atoms with Crippen LogP contribution in [0.5, 0.6) is 5.75 Å². The molecule has 0 aromatic heterocycles. The van der Waals surface area contributed by atoms with E-state index in [1.165, 1.54) is 12.1 Å². The smallest absolute Gasteiger partial charge is 0.254 e. The van der Waals surface area contributed by atoms with E-state index in [4.69, 9.17) is 10.2 Å². The fraction of sp³-hybridized carbons (Fsp3) is 0.417. The number of carbonyl (C=O) groups is 1. The van der Waals surface area contributed by atoms with E-state index in [9.17, 15) is 9.18 Å². The van der Waals surface area contributed by atoms with Crippen molar-refractivity contribution < 1.29 is 19.4 Å². The first-order chi connectivity index (χ1) is 7.95. The second kappa shape index (κ2) is 5.63. The van der Waals surface area contributed by atoms with Gasteiger partial charge in [0.25, 0.3) is 5.91 Å². The van der Waals surface area contributed by atoms with Gasteiger partial charge in [-0.15, -0.1) is 0 Å². The minimum atomic E-state index is -0.789. The zero-order valence-electron chi connectivity index (χ0n) is 9.77. The van der Waals surface area contributed by atoms with Gasteiger partial charge >= 0.3 is 0 Å². The van der Waals surface area contributed by atoms with Crippen molar-refractivity contribution in [1.29, 1.82) is 0 Å². The molecule has 0 aliphatic rings. The maximum absolute atomic E-state index is 13.4. The highest BCUT2D eigenvalue weighted by molar-refractivity contribution is 5.94. The molecule has 4 nitrogen and oxygen atoms in total. The molecule has 0 saturated heterocycles. The molecule has 0 aliphatic carbocycles. The molecular formula is C12H16FNO3. The van der Waals surface area contributed by atoms with Gasteiger partial charge in [0.15, 0.2) is 0 Å². The van der Waals surface area contributed by atoms with Crippen molar-refractivity contribution in [2.75, 3.05) is 6.61 Å². The average molecular weight is 241 g/mol. The molecule has 1 amide bonds. The van der Waals surface area contributed by atoms with E-state index < -0.39 is 17.8 Å². The highest BCUT2D eigenvalue weighted by atomic mass is 19.1. The van der Waals surface area contributed by atoms with Crippen LogP contribution in [-0.4, -0.2) is 28.8 Å². The van der Waals surface area contributed by atoms with Crippen LogP contribution in [0.3, 0.4) is 0 Å². The molecule has 0 unspecified atom stereocenters. The second-order valence-corrected chi connectivity index (χ2v) is 4.17. The summed E-state index contributed by atoms with van der Waals surface area (Å²) in [7, 11) is 0. The van der Waals surface area contributed by atoms with Crippen LogP contribution in [0.2, 0.25) is 0 Å². The van der Waals surface area contributed by atoms with Crippen molar-refractivity contribution in [3.63, 3.8) is 0 Å². The minimum Gasteiger partial charge on any atom is -0.508 e. The van der Waals surface area contributed by atoms with E-state index in [2.05, 4.69) is 5.32 Å². The lowest BCUT2D eigenvalue weighted by molar-refractivity contribution is 0.0892. The van der Waals surface area contributed by atoms with Crippen LogP contribution in [0.1, 0.15) is 24.2 Å². The Morgan fingerprint density at radius 3 is 2.59 bits per heavy atom. The Morgan fingerprint density at radius 2 is 2.12 bits per heavy atom. The molecule has 0 aliphatic heterocycles. The molecular weight excluding hydrogens is 225 g/mol. The largest absolute Gasteiger partial charge is 0.508 e. The predicted molar refractivity (Wildman–Crippen MR) is 61.2 cm³/mol. The SMILES string of the molecule is CC(C)[C@@H](CO)NC(=O)c1ccc(O)cc1F. The number of aliphatic hydroxyl groups is 1. The Kier molecular flexibility index (Phi) is 4.45. The van der Waals surface area contributed by atoms with Gasteiger partial charge in [-0.2, -0.15) is 0 Å². The van der Waals surface area contributed by atoms with E-state index in [0.29, 0.717) is 0 Å². The Labute approximate surface area is 99.1 Å². The Hall–Kier alpha value is -1.62. The number of benzene rings is 1. The number of phenols is 1. The summed E-state index contributed by atoms with van der Waals surface area (Å²) in [6.07, 6.45) is 0.